The Morgan fingerprint density at radius 3 is 2.33 bits per heavy atom. The second kappa shape index (κ2) is 7.78. The standard InChI is InChI=1S/C16H29N3O2/c1-13(16(21)18-9-5-3-4-6-10-18)19-11-7-8-15(12-19)17-14(2)20/h13,15H,3-12H2,1-2H3,(H,17,20). The number of hydrogen-bond donors (Lipinski definition) is 1. The van der Waals surface area contributed by atoms with Crippen LogP contribution in [0.1, 0.15) is 52.4 Å². The van der Waals surface area contributed by atoms with Crippen LogP contribution in [0.4, 0.5) is 0 Å². The third kappa shape index (κ3) is 4.70. The molecule has 5 nitrogen and oxygen atoms in total. The molecule has 2 fully saturated rings. The summed E-state index contributed by atoms with van der Waals surface area (Å²) >= 11 is 0. The summed E-state index contributed by atoms with van der Waals surface area (Å²) in [4.78, 5) is 28.2. The van der Waals surface area contributed by atoms with E-state index in [9.17, 15) is 9.59 Å². The van der Waals surface area contributed by atoms with Gasteiger partial charge in [0.05, 0.1) is 6.04 Å². The van der Waals surface area contributed by atoms with Gasteiger partial charge < -0.3 is 10.2 Å². The molecule has 120 valence electrons. The van der Waals surface area contributed by atoms with Gasteiger partial charge in [-0.3, -0.25) is 14.5 Å². The van der Waals surface area contributed by atoms with Crippen molar-refractivity contribution < 1.29 is 9.59 Å². The third-order valence-corrected chi connectivity index (χ3v) is 4.68. The summed E-state index contributed by atoms with van der Waals surface area (Å²) in [5.74, 6) is 0.286. The zero-order valence-electron chi connectivity index (χ0n) is 13.4. The van der Waals surface area contributed by atoms with Gasteiger partial charge in [-0.15, -0.1) is 0 Å². The molecule has 2 aliphatic rings. The molecule has 1 N–H and O–H groups in total. The molecule has 5 heteroatoms. The van der Waals surface area contributed by atoms with Crippen LogP contribution in [0.25, 0.3) is 0 Å². The molecule has 0 aromatic rings. The first kappa shape index (κ1) is 16.3. The highest BCUT2D eigenvalue weighted by molar-refractivity contribution is 5.81. The molecule has 0 spiro atoms. The van der Waals surface area contributed by atoms with E-state index in [1.54, 1.807) is 6.92 Å². The fraction of sp³-hybridized carbons (Fsp3) is 0.875. The van der Waals surface area contributed by atoms with Gasteiger partial charge in [-0.1, -0.05) is 12.8 Å². The predicted octanol–water partition coefficient (Wildman–Crippen LogP) is 1.38. The van der Waals surface area contributed by atoms with Crippen molar-refractivity contribution >= 4 is 11.8 Å². The number of piperidine rings is 1. The van der Waals surface area contributed by atoms with Gasteiger partial charge in [0.2, 0.25) is 11.8 Å². The summed E-state index contributed by atoms with van der Waals surface area (Å²) in [5.41, 5.74) is 0. The Hall–Kier alpha value is -1.10. The number of likely N-dealkylation sites (tertiary alicyclic amines) is 2. The SMILES string of the molecule is CC(=O)NC1CCCN(C(C)C(=O)N2CCCCCC2)C1. The van der Waals surface area contributed by atoms with Crippen LogP contribution < -0.4 is 5.32 Å². The highest BCUT2D eigenvalue weighted by atomic mass is 16.2. The molecule has 0 saturated carbocycles. The summed E-state index contributed by atoms with van der Waals surface area (Å²) in [6.45, 7) is 7.14. The van der Waals surface area contributed by atoms with E-state index < -0.39 is 0 Å². The number of carbonyl (C=O) groups excluding carboxylic acids is 2. The van der Waals surface area contributed by atoms with Gasteiger partial charge in [-0.2, -0.15) is 0 Å². The van der Waals surface area contributed by atoms with Crippen LogP contribution in [-0.4, -0.2) is 59.9 Å². The average Bonchev–Trinajstić information content (AvgIpc) is 2.74. The van der Waals surface area contributed by atoms with Gasteiger partial charge in [0, 0.05) is 32.6 Å². The second-order valence-electron chi connectivity index (χ2n) is 6.45. The van der Waals surface area contributed by atoms with E-state index >= 15 is 0 Å². The van der Waals surface area contributed by atoms with Gasteiger partial charge in [-0.25, -0.2) is 0 Å². The third-order valence-electron chi connectivity index (χ3n) is 4.68. The number of rotatable bonds is 3. The lowest BCUT2D eigenvalue weighted by molar-refractivity contribution is -0.136. The quantitative estimate of drug-likeness (QED) is 0.856. The van der Waals surface area contributed by atoms with E-state index in [0.717, 1.165) is 51.9 Å². The van der Waals surface area contributed by atoms with Crippen LogP contribution in [0.2, 0.25) is 0 Å². The number of nitrogens with zero attached hydrogens (tertiary/aromatic N) is 2. The maximum atomic E-state index is 12.7. The fourth-order valence-corrected chi connectivity index (χ4v) is 3.47. The summed E-state index contributed by atoms with van der Waals surface area (Å²) in [5, 5.41) is 2.99. The first-order valence-electron chi connectivity index (χ1n) is 8.38. The lowest BCUT2D eigenvalue weighted by Gasteiger charge is -2.38. The van der Waals surface area contributed by atoms with E-state index in [0.29, 0.717) is 0 Å². The molecule has 2 atom stereocenters. The average molecular weight is 295 g/mol. The maximum absolute atomic E-state index is 12.7. The Bertz CT molecular complexity index is 365. The lowest BCUT2D eigenvalue weighted by Crippen LogP contribution is -2.54. The molecule has 2 saturated heterocycles. The van der Waals surface area contributed by atoms with Crippen LogP contribution in [0.3, 0.4) is 0 Å². The molecule has 0 aromatic heterocycles. The number of amides is 2. The smallest absolute Gasteiger partial charge is 0.239 e. The minimum Gasteiger partial charge on any atom is -0.352 e. The van der Waals surface area contributed by atoms with Crippen molar-refractivity contribution in [2.75, 3.05) is 26.2 Å². The van der Waals surface area contributed by atoms with E-state index in [-0.39, 0.29) is 23.9 Å². The summed E-state index contributed by atoms with van der Waals surface area (Å²) in [7, 11) is 0. The van der Waals surface area contributed by atoms with Crippen molar-refractivity contribution in [1.29, 1.82) is 0 Å². The van der Waals surface area contributed by atoms with Crippen LogP contribution >= 0.6 is 0 Å². The molecule has 2 amide bonds. The molecular weight excluding hydrogens is 266 g/mol. The highest BCUT2D eigenvalue weighted by Gasteiger charge is 2.30. The Morgan fingerprint density at radius 1 is 1.05 bits per heavy atom. The minimum absolute atomic E-state index is 0.0216. The predicted molar refractivity (Wildman–Crippen MR) is 82.9 cm³/mol. The van der Waals surface area contributed by atoms with Gasteiger partial charge in [0.15, 0.2) is 0 Å². The molecule has 0 radical (unpaired) electrons. The van der Waals surface area contributed by atoms with Crippen molar-refractivity contribution in [3.63, 3.8) is 0 Å². The molecule has 2 unspecified atom stereocenters. The summed E-state index contributed by atoms with van der Waals surface area (Å²) in [6.07, 6.45) is 6.81. The Kier molecular flexibility index (Phi) is 6.03. The van der Waals surface area contributed by atoms with Crippen LogP contribution in [-0.2, 0) is 9.59 Å². The van der Waals surface area contributed by atoms with Crippen LogP contribution in [0.15, 0.2) is 0 Å². The van der Waals surface area contributed by atoms with Gasteiger partial charge >= 0.3 is 0 Å². The van der Waals surface area contributed by atoms with Gasteiger partial charge in [0.25, 0.3) is 0 Å². The van der Waals surface area contributed by atoms with Crippen molar-refractivity contribution in [2.24, 2.45) is 0 Å². The fourth-order valence-electron chi connectivity index (χ4n) is 3.47. The molecular formula is C16H29N3O2. The van der Waals surface area contributed by atoms with Crippen LogP contribution in [0.5, 0.6) is 0 Å². The molecule has 0 aromatic carbocycles. The minimum atomic E-state index is -0.0698. The molecule has 2 rings (SSSR count). The Balaban J connectivity index is 1.89. The highest BCUT2D eigenvalue weighted by Crippen LogP contribution is 2.17. The zero-order valence-corrected chi connectivity index (χ0v) is 13.4. The summed E-state index contributed by atoms with van der Waals surface area (Å²) in [6, 6.07) is 0.121. The number of hydrogen-bond acceptors (Lipinski definition) is 3. The summed E-state index contributed by atoms with van der Waals surface area (Å²) < 4.78 is 0. The van der Waals surface area contributed by atoms with Crippen molar-refractivity contribution in [1.82, 2.24) is 15.1 Å². The molecule has 0 aliphatic carbocycles. The van der Waals surface area contributed by atoms with Crippen LogP contribution in [0, 0.1) is 0 Å². The molecule has 21 heavy (non-hydrogen) atoms. The van der Waals surface area contributed by atoms with E-state index in [4.69, 9.17) is 0 Å². The first-order valence-corrected chi connectivity index (χ1v) is 8.38. The topological polar surface area (TPSA) is 52.7 Å². The Labute approximate surface area is 128 Å². The van der Waals surface area contributed by atoms with Gasteiger partial charge in [0.1, 0.15) is 0 Å². The Morgan fingerprint density at radius 2 is 1.71 bits per heavy atom. The normalized spacial score (nSPS) is 26.0. The van der Waals surface area contributed by atoms with Crippen molar-refractivity contribution in [3.8, 4) is 0 Å². The van der Waals surface area contributed by atoms with Crippen molar-refractivity contribution in [3.05, 3.63) is 0 Å². The molecule has 2 aliphatic heterocycles. The lowest BCUT2D eigenvalue weighted by atomic mass is 10.0. The second-order valence-corrected chi connectivity index (χ2v) is 6.45. The number of nitrogens with one attached hydrogen (secondary N) is 1. The monoisotopic (exact) mass is 295 g/mol. The molecule has 0 bridgehead atoms. The van der Waals surface area contributed by atoms with E-state index in [1.807, 2.05) is 11.8 Å². The van der Waals surface area contributed by atoms with E-state index in [2.05, 4.69) is 10.2 Å². The van der Waals surface area contributed by atoms with Crippen molar-refractivity contribution in [2.45, 2.75) is 64.5 Å². The largest absolute Gasteiger partial charge is 0.352 e. The van der Waals surface area contributed by atoms with E-state index in [1.165, 1.54) is 12.8 Å². The zero-order chi connectivity index (χ0) is 15.2. The number of carbonyl (C=O) groups is 2. The van der Waals surface area contributed by atoms with Gasteiger partial charge in [-0.05, 0) is 39.2 Å². The first-order chi connectivity index (χ1) is 10.1. The molecule has 2 heterocycles. The maximum Gasteiger partial charge on any atom is 0.239 e.